The first-order chi connectivity index (χ1) is 9.50. The summed E-state index contributed by atoms with van der Waals surface area (Å²) in [5.74, 6) is 0. The quantitative estimate of drug-likeness (QED) is 0.862. The molecule has 0 radical (unpaired) electrons. The van der Waals surface area contributed by atoms with Gasteiger partial charge in [0.25, 0.3) is 0 Å². The molecule has 2 aromatic heterocycles. The topological polar surface area (TPSA) is 78.1 Å². The Kier molecular flexibility index (Phi) is 4.79. The number of nitrogens with zero attached hydrogens (tertiary/aromatic N) is 2. The number of hydrogen-bond acceptors (Lipinski definition) is 4. The van der Waals surface area contributed by atoms with E-state index in [1.807, 2.05) is 6.92 Å². The highest BCUT2D eigenvalue weighted by molar-refractivity contribution is 7.89. The molecule has 6 nitrogen and oxygen atoms in total. The first kappa shape index (κ1) is 16.5. The van der Waals surface area contributed by atoms with Crippen molar-refractivity contribution in [1.29, 1.82) is 0 Å². The Bertz CT molecular complexity index is 747. The van der Waals surface area contributed by atoms with Gasteiger partial charge in [-0.2, -0.15) is 4.31 Å². The summed E-state index contributed by atoms with van der Waals surface area (Å²) in [4.78, 5) is 7.16. The highest BCUT2D eigenvalue weighted by Gasteiger charge is 2.31. The van der Waals surface area contributed by atoms with Crippen LogP contribution in [0.15, 0.2) is 23.4 Å². The summed E-state index contributed by atoms with van der Waals surface area (Å²) in [5, 5.41) is 4.07. The van der Waals surface area contributed by atoms with Gasteiger partial charge in [-0.25, -0.2) is 13.4 Å². The number of pyridine rings is 1. The van der Waals surface area contributed by atoms with Crippen LogP contribution in [0, 0.1) is 0 Å². The van der Waals surface area contributed by atoms with Gasteiger partial charge in [0.15, 0.2) is 0 Å². The molecule has 0 aliphatic carbocycles. The van der Waals surface area contributed by atoms with Crippen molar-refractivity contribution >= 4 is 45.1 Å². The molecule has 1 aliphatic heterocycles. The van der Waals surface area contributed by atoms with Gasteiger partial charge in [-0.3, -0.25) is 0 Å². The second kappa shape index (κ2) is 6.10. The second-order valence-corrected chi connectivity index (χ2v) is 7.20. The van der Waals surface area contributed by atoms with Gasteiger partial charge < -0.3 is 10.3 Å². The molecule has 116 valence electrons. The molecule has 21 heavy (non-hydrogen) atoms. The standard InChI is InChI=1S/C12H15ClN4O2S.ClH/c1-8-7-17(5-4-14-8)20(18,19)10-6-16-12-11(10)9(13)2-3-15-12;/h2-3,6,8,14H,4-5,7H2,1H3,(H,15,16);1H. The molecule has 3 heterocycles. The Morgan fingerprint density at radius 2 is 2.24 bits per heavy atom. The van der Waals surface area contributed by atoms with Crippen LogP contribution in [0.3, 0.4) is 0 Å². The fraction of sp³-hybridized carbons (Fsp3) is 0.417. The minimum absolute atomic E-state index is 0. The average Bonchev–Trinajstić information content (AvgIpc) is 2.85. The van der Waals surface area contributed by atoms with E-state index in [2.05, 4.69) is 15.3 Å². The molecule has 1 unspecified atom stereocenters. The lowest BCUT2D eigenvalue weighted by Gasteiger charge is -2.30. The van der Waals surface area contributed by atoms with E-state index in [9.17, 15) is 8.42 Å². The number of H-pyrrole nitrogens is 1. The highest BCUT2D eigenvalue weighted by Crippen LogP contribution is 2.30. The zero-order chi connectivity index (χ0) is 14.3. The van der Waals surface area contributed by atoms with Crippen molar-refractivity contribution in [3.05, 3.63) is 23.5 Å². The summed E-state index contributed by atoms with van der Waals surface area (Å²) in [6.45, 7) is 3.52. The van der Waals surface area contributed by atoms with Crippen LogP contribution in [0.25, 0.3) is 11.0 Å². The van der Waals surface area contributed by atoms with Gasteiger partial charge in [-0.05, 0) is 13.0 Å². The molecule has 1 fully saturated rings. The molecule has 1 aliphatic rings. The van der Waals surface area contributed by atoms with Gasteiger partial charge in [-0.1, -0.05) is 11.6 Å². The van der Waals surface area contributed by atoms with Gasteiger partial charge in [0.05, 0.1) is 10.4 Å². The Balaban J connectivity index is 0.00000161. The number of piperazine rings is 1. The molecule has 0 bridgehead atoms. The number of aromatic amines is 1. The lowest BCUT2D eigenvalue weighted by molar-refractivity contribution is 0.310. The summed E-state index contributed by atoms with van der Waals surface area (Å²) in [5.41, 5.74) is 0.485. The number of aromatic nitrogens is 2. The number of nitrogens with one attached hydrogen (secondary N) is 2. The van der Waals surface area contributed by atoms with E-state index >= 15 is 0 Å². The maximum atomic E-state index is 12.8. The number of rotatable bonds is 2. The third-order valence-corrected chi connectivity index (χ3v) is 5.64. The Morgan fingerprint density at radius 1 is 1.48 bits per heavy atom. The van der Waals surface area contributed by atoms with E-state index < -0.39 is 10.0 Å². The SMILES string of the molecule is CC1CN(S(=O)(=O)c2c[nH]c3nccc(Cl)c23)CCN1.Cl. The maximum Gasteiger partial charge on any atom is 0.245 e. The fourth-order valence-electron chi connectivity index (χ4n) is 2.45. The van der Waals surface area contributed by atoms with Gasteiger partial charge in [0.1, 0.15) is 10.5 Å². The van der Waals surface area contributed by atoms with E-state index in [1.165, 1.54) is 10.5 Å². The summed E-state index contributed by atoms with van der Waals surface area (Å²) in [6.07, 6.45) is 3.01. The van der Waals surface area contributed by atoms with Crippen molar-refractivity contribution in [1.82, 2.24) is 19.6 Å². The minimum atomic E-state index is -3.56. The molecule has 0 amide bonds. The van der Waals surface area contributed by atoms with Gasteiger partial charge in [-0.15, -0.1) is 12.4 Å². The zero-order valence-electron chi connectivity index (χ0n) is 11.3. The minimum Gasteiger partial charge on any atom is -0.345 e. The smallest absolute Gasteiger partial charge is 0.245 e. The van der Waals surface area contributed by atoms with E-state index in [-0.39, 0.29) is 23.3 Å². The van der Waals surface area contributed by atoms with Crippen molar-refractivity contribution in [2.45, 2.75) is 17.9 Å². The Labute approximate surface area is 134 Å². The van der Waals surface area contributed by atoms with Gasteiger partial charge in [0, 0.05) is 38.1 Å². The van der Waals surface area contributed by atoms with Crippen molar-refractivity contribution < 1.29 is 8.42 Å². The predicted molar refractivity (Wildman–Crippen MR) is 84.6 cm³/mol. The molecule has 3 rings (SSSR count). The number of halogens is 2. The molecule has 9 heteroatoms. The van der Waals surface area contributed by atoms with E-state index in [1.54, 1.807) is 12.3 Å². The molecule has 0 aromatic carbocycles. The summed E-state index contributed by atoms with van der Waals surface area (Å²) >= 11 is 6.12. The molecule has 0 spiro atoms. The molecular formula is C12H16Cl2N4O2S. The Morgan fingerprint density at radius 3 is 2.95 bits per heavy atom. The van der Waals surface area contributed by atoms with Crippen LogP contribution in [-0.2, 0) is 10.0 Å². The normalized spacial score (nSPS) is 20.4. The van der Waals surface area contributed by atoms with Crippen LogP contribution in [0.4, 0.5) is 0 Å². The third-order valence-electron chi connectivity index (χ3n) is 3.44. The first-order valence-electron chi connectivity index (χ1n) is 6.35. The highest BCUT2D eigenvalue weighted by atomic mass is 35.5. The van der Waals surface area contributed by atoms with Gasteiger partial charge in [0.2, 0.25) is 10.0 Å². The van der Waals surface area contributed by atoms with Crippen molar-refractivity contribution in [2.24, 2.45) is 0 Å². The van der Waals surface area contributed by atoms with Crippen LogP contribution < -0.4 is 5.32 Å². The van der Waals surface area contributed by atoms with Gasteiger partial charge >= 0.3 is 0 Å². The second-order valence-electron chi connectivity index (χ2n) is 4.89. The summed E-state index contributed by atoms with van der Waals surface area (Å²) < 4.78 is 27.0. The lowest BCUT2D eigenvalue weighted by atomic mass is 10.3. The Hall–Kier alpha value is -0.860. The summed E-state index contributed by atoms with van der Waals surface area (Å²) in [7, 11) is -3.56. The monoisotopic (exact) mass is 350 g/mol. The molecule has 0 saturated carbocycles. The van der Waals surface area contributed by atoms with Crippen LogP contribution >= 0.6 is 24.0 Å². The van der Waals surface area contributed by atoms with Crippen LogP contribution in [0.1, 0.15) is 6.92 Å². The number of hydrogen-bond donors (Lipinski definition) is 2. The van der Waals surface area contributed by atoms with E-state index in [0.29, 0.717) is 35.7 Å². The van der Waals surface area contributed by atoms with Crippen molar-refractivity contribution in [3.8, 4) is 0 Å². The predicted octanol–water partition coefficient (Wildman–Crippen LogP) is 1.62. The fourth-order valence-corrected chi connectivity index (χ4v) is 4.45. The average molecular weight is 351 g/mol. The zero-order valence-corrected chi connectivity index (χ0v) is 13.7. The first-order valence-corrected chi connectivity index (χ1v) is 8.17. The third kappa shape index (κ3) is 2.89. The number of fused-ring (bicyclic) bond motifs is 1. The van der Waals surface area contributed by atoms with E-state index in [4.69, 9.17) is 11.6 Å². The molecular weight excluding hydrogens is 335 g/mol. The van der Waals surface area contributed by atoms with Crippen molar-refractivity contribution in [3.63, 3.8) is 0 Å². The molecule has 2 N–H and O–H groups in total. The van der Waals surface area contributed by atoms with Crippen LogP contribution in [0.5, 0.6) is 0 Å². The maximum absolute atomic E-state index is 12.8. The molecule has 1 atom stereocenters. The molecule has 1 saturated heterocycles. The lowest BCUT2D eigenvalue weighted by Crippen LogP contribution is -2.51. The largest absolute Gasteiger partial charge is 0.345 e. The summed E-state index contributed by atoms with van der Waals surface area (Å²) in [6, 6.07) is 1.73. The van der Waals surface area contributed by atoms with E-state index in [0.717, 1.165) is 0 Å². The van der Waals surface area contributed by atoms with Crippen LogP contribution in [0.2, 0.25) is 5.02 Å². The molecule has 2 aromatic rings. The van der Waals surface area contributed by atoms with Crippen LogP contribution in [-0.4, -0.2) is 48.4 Å². The number of sulfonamides is 1. The van der Waals surface area contributed by atoms with Crippen molar-refractivity contribution in [2.75, 3.05) is 19.6 Å².